The van der Waals surface area contributed by atoms with Crippen molar-refractivity contribution in [2.75, 3.05) is 0 Å². The standard InChI is InChI=1S/C20H15F/c1-2-3-6-17-9-11-18(12-10-17)7-4-5-8-19-13-15-20(21)16-14-19/h3,6,9-16H,2H2,1H3/b6-3+. The third-order valence-corrected chi connectivity index (χ3v) is 2.78. The van der Waals surface area contributed by atoms with Gasteiger partial charge in [0.15, 0.2) is 0 Å². The number of hydrogen-bond acceptors (Lipinski definition) is 0. The second-order valence-corrected chi connectivity index (χ2v) is 4.44. The highest BCUT2D eigenvalue weighted by atomic mass is 19.1. The number of halogens is 1. The minimum atomic E-state index is -0.260. The van der Waals surface area contributed by atoms with Gasteiger partial charge in [-0.05, 0) is 60.2 Å². The molecule has 0 heterocycles. The quantitative estimate of drug-likeness (QED) is 0.699. The van der Waals surface area contributed by atoms with E-state index in [9.17, 15) is 4.39 Å². The summed E-state index contributed by atoms with van der Waals surface area (Å²) in [4.78, 5) is 0. The summed E-state index contributed by atoms with van der Waals surface area (Å²) in [5.74, 6) is 11.2. The van der Waals surface area contributed by atoms with Crippen LogP contribution in [0, 0.1) is 29.5 Å². The SMILES string of the molecule is CC/C=C/c1ccc(C#CC#Cc2ccc(F)cc2)cc1. The highest BCUT2D eigenvalue weighted by Crippen LogP contribution is 2.05. The fraction of sp³-hybridized carbons (Fsp3) is 0.100. The molecule has 0 N–H and O–H groups in total. The molecule has 0 aliphatic rings. The molecule has 0 amide bonds. The molecule has 0 aliphatic heterocycles. The smallest absolute Gasteiger partial charge is 0.123 e. The fourth-order valence-corrected chi connectivity index (χ4v) is 1.67. The van der Waals surface area contributed by atoms with Crippen molar-refractivity contribution in [3.63, 3.8) is 0 Å². The average molecular weight is 274 g/mol. The second kappa shape index (κ2) is 7.73. The summed E-state index contributed by atoms with van der Waals surface area (Å²) in [6, 6.07) is 14.1. The second-order valence-electron chi connectivity index (χ2n) is 4.44. The van der Waals surface area contributed by atoms with Gasteiger partial charge in [0.05, 0.1) is 0 Å². The third kappa shape index (κ3) is 5.01. The zero-order valence-corrected chi connectivity index (χ0v) is 11.9. The first-order chi connectivity index (χ1) is 10.3. The minimum absolute atomic E-state index is 0.260. The summed E-state index contributed by atoms with van der Waals surface area (Å²) in [6.07, 6.45) is 5.24. The van der Waals surface area contributed by atoms with Gasteiger partial charge in [-0.1, -0.05) is 43.0 Å². The molecule has 0 radical (unpaired) electrons. The van der Waals surface area contributed by atoms with Crippen molar-refractivity contribution in [2.45, 2.75) is 13.3 Å². The molecular formula is C20H15F. The minimum Gasteiger partial charge on any atom is -0.207 e. The summed E-state index contributed by atoms with van der Waals surface area (Å²) in [6.45, 7) is 2.11. The summed E-state index contributed by atoms with van der Waals surface area (Å²) >= 11 is 0. The molecule has 102 valence electrons. The molecule has 2 rings (SSSR count). The number of hydrogen-bond donors (Lipinski definition) is 0. The van der Waals surface area contributed by atoms with Crippen LogP contribution in [0.15, 0.2) is 54.6 Å². The fourth-order valence-electron chi connectivity index (χ4n) is 1.67. The van der Waals surface area contributed by atoms with Crippen molar-refractivity contribution in [3.05, 3.63) is 77.1 Å². The summed E-state index contributed by atoms with van der Waals surface area (Å²) in [5.41, 5.74) is 2.85. The van der Waals surface area contributed by atoms with Crippen LogP contribution < -0.4 is 0 Å². The van der Waals surface area contributed by atoms with E-state index in [0.29, 0.717) is 0 Å². The molecule has 0 fully saturated rings. The third-order valence-electron chi connectivity index (χ3n) is 2.78. The van der Waals surface area contributed by atoms with Crippen molar-refractivity contribution >= 4 is 6.08 Å². The van der Waals surface area contributed by atoms with E-state index in [1.54, 1.807) is 12.1 Å². The molecule has 0 aliphatic carbocycles. The molecule has 0 saturated heterocycles. The number of allylic oxidation sites excluding steroid dienone is 1. The van der Waals surface area contributed by atoms with Crippen molar-refractivity contribution in [1.82, 2.24) is 0 Å². The van der Waals surface area contributed by atoms with Crippen molar-refractivity contribution in [1.29, 1.82) is 0 Å². The molecule has 2 aromatic carbocycles. The van der Waals surface area contributed by atoms with E-state index in [1.807, 2.05) is 24.3 Å². The lowest BCUT2D eigenvalue weighted by Crippen LogP contribution is -1.76. The van der Waals surface area contributed by atoms with Gasteiger partial charge in [-0.25, -0.2) is 4.39 Å². The van der Waals surface area contributed by atoms with Crippen LogP contribution in [0.25, 0.3) is 6.08 Å². The molecule has 2 aromatic rings. The van der Waals surface area contributed by atoms with E-state index in [1.165, 1.54) is 17.7 Å². The summed E-state index contributed by atoms with van der Waals surface area (Å²) in [7, 11) is 0. The van der Waals surface area contributed by atoms with E-state index < -0.39 is 0 Å². The Kier molecular flexibility index (Phi) is 5.39. The molecule has 0 aromatic heterocycles. The van der Waals surface area contributed by atoms with E-state index in [2.05, 4.69) is 42.8 Å². The first kappa shape index (κ1) is 14.6. The van der Waals surface area contributed by atoms with E-state index in [-0.39, 0.29) is 5.82 Å². The molecule has 0 saturated carbocycles. The highest BCUT2D eigenvalue weighted by Gasteiger charge is 1.88. The topological polar surface area (TPSA) is 0 Å². The van der Waals surface area contributed by atoms with Crippen molar-refractivity contribution < 1.29 is 4.39 Å². The Bertz CT molecular complexity index is 727. The van der Waals surface area contributed by atoms with E-state index >= 15 is 0 Å². The van der Waals surface area contributed by atoms with Gasteiger partial charge in [-0.2, -0.15) is 0 Å². The lowest BCUT2D eigenvalue weighted by molar-refractivity contribution is 0.627. The van der Waals surface area contributed by atoms with Gasteiger partial charge in [0.1, 0.15) is 5.82 Å². The van der Waals surface area contributed by atoms with Crippen molar-refractivity contribution in [2.24, 2.45) is 0 Å². The Morgan fingerprint density at radius 1 is 0.857 bits per heavy atom. The van der Waals surface area contributed by atoms with Crippen LogP contribution in [0.3, 0.4) is 0 Å². The normalized spacial score (nSPS) is 9.62. The summed E-state index contributed by atoms with van der Waals surface area (Å²) < 4.78 is 12.7. The van der Waals surface area contributed by atoms with Gasteiger partial charge in [-0.3, -0.25) is 0 Å². The van der Waals surface area contributed by atoms with Gasteiger partial charge in [0.2, 0.25) is 0 Å². The maximum Gasteiger partial charge on any atom is 0.123 e. The predicted molar refractivity (Wildman–Crippen MR) is 85.9 cm³/mol. The van der Waals surface area contributed by atoms with Crippen LogP contribution in [-0.4, -0.2) is 0 Å². The Hall–Kier alpha value is -2.77. The zero-order chi connectivity index (χ0) is 14.9. The van der Waals surface area contributed by atoms with E-state index in [4.69, 9.17) is 0 Å². The van der Waals surface area contributed by atoms with Crippen LogP contribution in [0.2, 0.25) is 0 Å². The molecule has 0 atom stereocenters. The van der Waals surface area contributed by atoms with Gasteiger partial charge in [-0.15, -0.1) is 0 Å². The van der Waals surface area contributed by atoms with E-state index in [0.717, 1.165) is 17.5 Å². The highest BCUT2D eigenvalue weighted by molar-refractivity contribution is 5.52. The first-order valence-electron chi connectivity index (χ1n) is 6.82. The molecule has 21 heavy (non-hydrogen) atoms. The van der Waals surface area contributed by atoms with Crippen LogP contribution in [0.4, 0.5) is 4.39 Å². The number of rotatable bonds is 2. The zero-order valence-electron chi connectivity index (χ0n) is 11.9. The predicted octanol–water partition coefficient (Wildman–Crippen LogP) is 4.65. The molecule has 0 bridgehead atoms. The molecular weight excluding hydrogens is 259 g/mol. The monoisotopic (exact) mass is 274 g/mol. The molecule has 0 nitrogen and oxygen atoms in total. The molecule has 0 unspecified atom stereocenters. The Balaban J connectivity index is 2.03. The Labute approximate surface area is 125 Å². The van der Waals surface area contributed by atoms with Crippen LogP contribution in [0.1, 0.15) is 30.0 Å². The lowest BCUT2D eigenvalue weighted by Gasteiger charge is -1.93. The van der Waals surface area contributed by atoms with Crippen LogP contribution >= 0.6 is 0 Å². The summed E-state index contributed by atoms with van der Waals surface area (Å²) in [5, 5.41) is 0. The van der Waals surface area contributed by atoms with Gasteiger partial charge in [0.25, 0.3) is 0 Å². The molecule has 0 spiro atoms. The molecule has 1 heteroatoms. The van der Waals surface area contributed by atoms with Gasteiger partial charge < -0.3 is 0 Å². The largest absolute Gasteiger partial charge is 0.207 e. The van der Waals surface area contributed by atoms with Gasteiger partial charge in [0, 0.05) is 11.1 Å². The van der Waals surface area contributed by atoms with Crippen LogP contribution in [0.5, 0.6) is 0 Å². The van der Waals surface area contributed by atoms with Crippen molar-refractivity contribution in [3.8, 4) is 23.7 Å². The Morgan fingerprint density at radius 3 is 1.90 bits per heavy atom. The Morgan fingerprint density at radius 2 is 1.38 bits per heavy atom. The number of benzene rings is 2. The van der Waals surface area contributed by atoms with Gasteiger partial charge >= 0.3 is 0 Å². The maximum atomic E-state index is 12.7. The lowest BCUT2D eigenvalue weighted by atomic mass is 10.1. The maximum absolute atomic E-state index is 12.7. The first-order valence-corrected chi connectivity index (χ1v) is 6.82. The van der Waals surface area contributed by atoms with Crippen LogP contribution in [-0.2, 0) is 0 Å². The average Bonchev–Trinajstić information content (AvgIpc) is 2.52.